The third-order valence-electron chi connectivity index (χ3n) is 5.06. The summed E-state index contributed by atoms with van der Waals surface area (Å²) >= 11 is 0. The molecule has 0 aliphatic heterocycles. The highest BCUT2D eigenvalue weighted by atomic mass is 16.6. The van der Waals surface area contributed by atoms with E-state index in [0.29, 0.717) is 11.5 Å². The summed E-state index contributed by atoms with van der Waals surface area (Å²) in [6.45, 7) is 0. The van der Waals surface area contributed by atoms with Crippen molar-refractivity contribution in [2.45, 2.75) is 44.6 Å². The van der Waals surface area contributed by atoms with Gasteiger partial charge >= 0.3 is 0 Å². The van der Waals surface area contributed by atoms with Crippen LogP contribution in [0.4, 0.5) is 5.69 Å². The average Bonchev–Trinajstić information content (AvgIpc) is 3.21. The van der Waals surface area contributed by atoms with Crippen LogP contribution in [0.5, 0.6) is 0 Å². The lowest BCUT2D eigenvalue weighted by molar-refractivity contribution is -0.384. The number of hydrazone groups is 1. The van der Waals surface area contributed by atoms with Gasteiger partial charge in [0.15, 0.2) is 0 Å². The van der Waals surface area contributed by atoms with Crippen LogP contribution in [0.3, 0.4) is 0 Å². The maximum Gasteiger partial charge on any atom is 0.269 e. The molecule has 27 heavy (non-hydrogen) atoms. The van der Waals surface area contributed by atoms with E-state index in [9.17, 15) is 14.9 Å². The summed E-state index contributed by atoms with van der Waals surface area (Å²) in [5.41, 5.74) is 3.33. The van der Waals surface area contributed by atoms with Gasteiger partial charge in [0, 0.05) is 24.5 Å². The number of aromatic nitrogens is 1. The van der Waals surface area contributed by atoms with Crippen LogP contribution in [-0.2, 0) is 4.79 Å². The topological polar surface area (TPSA) is 89.5 Å². The Bertz CT molecular complexity index is 778. The Kier molecular flexibility index (Phi) is 6.35. The number of non-ortho nitro benzene ring substituents is 1. The molecule has 0 radical (unpaired) electrons. The number of nitrogens with one attached hydrogen (secondary N) is 1. The Balaban J connectivity index is 1.62. The molecule has 0 unspecified atom stereocenters. The molecule has 1 aliphatic carbocycles. The van der Waals surface area contributed by atoms with Crippen LogP contribution in [0.2, 0.25) is 0 Å². The molecule has 3 rings (SSSR count). The number of amides is 1. The van der Waals surface area contributed by atoms with Crippen molar-refractivity contribution >= 4 is 17.8 Å². The first-order valence-electron chi connectivity index (χ1n) is 9.33. The van der Waals surface area contributed by atoms with Crippen molar-refractivity contribution in [3.63, 3.8) is 0 Å². The molecule has 1 heterocycles. The van der Waals surface area contributed by atoms with Gasteiger partial charge in [-0.25, -0.2) is 5.43 Å². The highest BCUT2D eigenvalue weighted by Gasteiger charge is 2.25. The van der Waals surface area contributed by atoms with Gasteiger partial charge in [0.1, 0.15) is 6.04 Å². The Morgan fingerprint density at radius 3 is 2.52 bits per heavy atom. The summed E-state index contributed by atoms with van der Waals surface area (Å²) in [5.74, 6) is 0.422. The monoisotopic (exact) mass is 368 g/mol. The molecule has 1 aromatic carbocycles. The minimum absolute atomic E-state index is 0.0244. The summed E-state index contributed by atoms with van der Waals surface area (Å²) in [6, 6.07) is 9.57. The molecule has 1 fully saturated rings. The zero-order chi connectivity index (χ0) is 19.1. The Labute approximate surface area is 158 Å². The first-order valence-corrected chi connectivity index (χ1v) is 9.33. The molecule has 2 aromatic rings. The van der Waals surface area contributed by atoms with Crippen molar-refractivity contribution in [2.75, 3.05) is 0 Å². The summed E-state index contributed by atoms with van der Waals surface area (Å²) in [7, 11) is 0. The number of benzene rings is 1. The van der Waals surface area contributed by atoms with Crippen molar-refractivity contribution in [1.82, 2.24) is 9.99 Å². The molecule has 7 nitrogen and oxygen atoms in total. The van der Waals surface area contributed by atoms with Crippen LogP contribution in [0.1, 0.15) is 50.1 Å². The van der Waals surface area contributed by atoms with Gasteiger partial charge in [0.25, 0.3) is 11.6 Å². The Morgan fingerprint density at radius 2 is 1.89 bits per heavy atom. The smallest absolute Gasteiger partial charge is 0.269 e. The van der Waals surface area contributed by atoms with Crippen molar-refractivity contribution < 1.29 is 9.72 Å². The number of nitrogens with zero attached hydrogens (tertiary/aromatic N) is 3. The molecule has 0 spiro atoms. The van der Waals surface area contributed by atoms with Gasteiger partial charge < -0.3 is 4.57 Å². The van der Waals surface area contributed by atoms with E-state index in [1.165, 1.54) is 50.5 Å². The number of rotatable bonds is 7. The molecule has 1 aliphatic rings. The van der Waals surface area contributed by atoms with Crippen LogP contribution in [0.15, 0.2) is 53.9 Å². The Morgan fingerprint density at radius 1 is 1.22 bits per heavy atom. The predicted octanol–water partition coefficient (Wildman–Crippen LogP) is 4.06. The van der Waals surface area contributed by atoms with Crippen molar-refractivity contribution in [1.29, 1.82) is 0 Å². The third-order valence-corrected chi connectivity index (χ3v) is 5.06. The summed E-state index contributed by atoms with van der Waals surface area (Å²) < 4.78 is 1.94. The number of nitro groups is 1. The third kappa shape index (κ3) is 5.26. The minimum atomic E-state index is -0.449. The number of carbonyl (C=O) groups excluding carboxylic acids is 1. The van der Waals surface area contributed by atoms with Crippen molar-refractivity contribution in [2.24, 2.45) is 11.0 Å². The van der Waals surface area contributed by atoms with E-state index in [2.05, 4.69) is 10.5 Å². The zero-order valence-electron chi connectivity index (χ0n) is 15.2. The molecular weight excluding hydrogens is 344 g/mol. The van der Waals surface area contributed by atoms with Gasteiger partial charge in [0.05, 0.1) is 11.1 Å². The second kappa shape index (κ2) is 9.12. The zero-order valence-corrected chi connectivity index (χ0v) is 15.2. The quantitative estimate of drug-likeness (QED) is 0.454. The molecule has 1 amide bonds. The first-order chi connectivity index (χ1) is 13.1. The maximum absolute atomic E-state index is 12.7. The average molecular weight is 368 g/mol. The molecule has 0 saturated heterocycles. The van der Waals surface area contributed by atoms with Crippen LogP contribution in [0, 0.1) is 16.0 Å². The lowest BCUT2D eigenvalue weighted by Crippen LogP contribution is -2.31. The van der Waals surface area contributed by atoms with E-state index >= 15 is 0 Å². The fourth-order valence-electron chi connectivity index (χ4n) is 3.59. The summed E-state index contributed by atoms with van der Waals surface area (Å²) in [5, 5.41) is 14.7. The van der Waals surface area contributed by atoms with Gasteiger partial charge in [-0.2, -0.15) is 5.10 Å². The minimum Gasteiger partial charge on any atom is -0.342 e. The van der Waals surface area contributed by atoms with E-state index in [-0.39, 0.29) is 17.6 Å². The molecule has 7 heteroatoms. The van der Waals surface area contributed by atoms with E-state index in [0.717, 1.165) is 6.42 Å². The molecule has 1 atom stereocenters. The molecule has 142 valence electrons. The van der Waals surface area contributed by atoms with Gasteiger partial charge in [0.2, 0.25) is 0 Å². The lowest BCUT2D eigenvalue weighted by Gasteiger charge is -2.26. The number of carbonyl (C=O) groups is 1. The van der Waals surface area contributed by atoms with E-state index in [4.69, 9.17) is 0 Å². The van der Waals surface area contributed by atoms with Gasteiger partial charge in [-0.1, -0.05) is 32.1 Å². The molecular formula is C20H24N4O3. The van der Waals surface area contributed by atoms with Crippen molar-refractivity contribution in [3.05, 3.63) is 64.5 Å². The van der Waals surface area contributed by atoms with Crippen molar-refractivity contribution in [3.8, 4) is 0 Å². The van der Waals surface area contributed by atoms with Crippen LogP contribution in [0.25, 0.3) is 0 Å². The van der Waals surface area contributed by atoms with Crippen LogP contribution >= 0.6 is 0 Å². The number of hydrogen-bond donors (Lipinski definition) is 1. The Hall–Kier alpha value is -2.96. The summed E-state index contributed by atoms with van der Waals surface area (Å²) in [6.07, 6.45) is 12.2. The van der Waals surface area contributed by atoms with Gasteiger partial charge in [-0.3, -0.25) is 14.9 Å². The SMILES string of the molecule is O=C(N/N=C\c1ccc([N+](=O)[O-])cc1)[C@H](CC1CCCCC1)n1cccc1. The van der Waals surface area contributed by atoms with E-state index in [1.54, 1.807) is 12.1 Å². The fourth-order valence-corrected chi connectivity index (χ4v) is 3.59. The number of hydrogen-bond acceptors (Lipinski definition) is 4. The summed E-state index contributed by atoms with van der Waals surface area (Å²) in [4.78, 5) is 22.9. The highest BCUT2D eigenvalue weighted by Crippen LogP contribution is 2.31. The fraction of sp³-hybridized carbons (Fsp3) is 0.400. The second-order valence-electron chi connectivity index (χ2n) is 6.97. The molecule has 0 bridgehead atoms. The molecule has 1 aromatic heterocycles. The highest BCUT2D eigenvalue weighted by molar-refractivity contribution is 5.84. The largest absolute Gasteiger partial charge is 0.342 e. The van der Waals surface area contributed by atoms with Gasteiger partial charge in [-0.05, 0) is 42.2 Å². The van der Waals surface area contributed by atoms with E-state index in [1.807, 2.05) is 29.1 Å². The van der Waals surface area contributed by atoms with Crippen LogP contribution < -0.4 is 5.43 Å². The standard InChI is InChI=1S/C20H24N4O3/c25-20(22-21-15-17-8-10-18(11-9-17)24(26)27)19(23-12-4-5-13-23)14-16-6-2-1-3-7-16/h4-5,8-13,15-16,19H,1-3,6-7,14H2,(H,22,25)/b21-15-/t19-/m0/s1. The maximum atomic E-state index is 12.7. The van der Waals surface area contributed by atoms with Gasteiger partial charge in [-0.15, -0.1) is 0 Å². The first kappa shape index (κ1) is 18.8. The predicted molar refractivity (Wildman–Crippen MR) is 103 cm³/mol. The molecule has 1 saturated carbocycles. The second-order valence-corrected chi connectivity index (χ2v) is 6.97. The van der Waals surface area contributed by atoms with E-state index < -0.39 is 4.92 Å². The number of nitro benzene ring substituents is 1. The molecule has 1 N–H and O–H groups in total. The van der Waals surface area contributed by atoms with Crippen LogP contribution in [-0.4, -0.2) is 21.6 Å². The normalized spacial score (nSPS) is 16.3. The lowest BCUT2D eigenvalue weighted by atomic mass is 9.84.